The number of carbonyl (C=O) groups is 1. The van der Waals surface area contributed by atoms with Gasteiger partial charge in [-0.2, -0.15) is 11.8 Å². The van der Waals surface area contributed by atoms with Crippen LogP contribution in [-0.4, -0.2) is 27.8 Å². The van der Waals surface area contributed by atoms with Crippen LogP contribution in [0.4, 0.5) is 0 Å². The molecule has 0 saturated heterocycles. The molecule has 21 heavy (non-hydrogen) atoms. The van der Waals surface area contributed by atoms with E-state index in [-0.39, 0.29) is 11.2 Å². The fourth-order valence-electron chi connectivity index (χ4n) is 2.73. The number of nitrogens with zero attached hydrogens (tertiary/aromatic N) is 1. The second-order valence-electron chi connectivity index (χ2n) is 4.97. The molecule has 1 heterocycles. The van der Waals surface area contributed by atoms with Crippen molar-refractivity contribution in [2.75, 3.05) is 5.75 Å². The average molecular weight is 324 g/mol. The molecule has 1 N–H and O–H groups in total. The molecule has 5 heteroatoms. The zero-order valence-electron chi connectivity index (χ0n) is 12.3. The monoisotopic (exact) mass is 323 g/mol. The molecule has 0 saturated carbocycles. The van der Waals surface area contributed by atoms with Gasteiger partial charge in [0.25, 0.3) is 0 Å². The van der Waals surface area contributed by atoms with Crippen molar-refractivity contribution < 1.29 is 9.90 Å². The van der Waals surface area contributed by atoms with E-state index in [9.17, 15) is 9.90 Å². The second-order valence-corrected chi connectivity index (χ2v) is 6.82. The summed E-state index contributed by atoms with van der Waals surface area (Å²) in [4.78, 5) is 16.2. The van der Waals surface area contributed by atoms with Crippen LogP contribution >= 0.6 is 23.4 Å². The minimum absolute atomic E-state index is 0.0308. The van der Waals surface area contributed by atoms with Crippen LogP contribution in [0.15, 0.2) is 40.5 Å². The molecular weight excluding hydrogens is 306 g/mol. The molecule has 1 aliphatic heterocycles. The summed E-state index contributed by atoms with van der Waals surface area (Å²) in [6, 6.07) is 7.45. The van der Waals surface area contributed by atoms with Gasteiger partial charge in [0.15, 0.2) is 0 Å². The third-order valence-electron chi connectivity index (χ3n) is 3.54. The molecule has 0 fully saturated rings. The highest BCUT2D eigenvalue weighted by molar-refractivity contribution is 8.00. The Kier molecular flexibility index (Phi) is 5.12. The summed E-state index contributed by atoms with van der Waals surface area (Å²) >= 11 is 7.81. The van der Waals surface area contributed by atoms with E-state index in [4.69, 9.17) is 11.6 Å². The van der Waals surface area contributed by atoms with Gasteiger partial charge in [-0.05, 0) is 37.3 Å². The van der Waals surface area contributed by atoms with Gasteiger partial charge in [0, 0.05) is 22.3 Å². The van der Waals surface area contributed by atoms with Gasteiger partial charge in [0.2, 0.25) is 0 Å². The Balaban J connectivity index is 2.59. The first-order valence-electron chi connectivity index (χ1n) is 6.82. The minimum Gasteiger partial charge on any atom is -0.478 e. The smallest absolute Gasteiger partial charge is 0.334 e. The number of benzene rings is 1. The summed E-state index contributed by atoms with van der Waals surface area (Å²) in [5.41, 5.74) is 2.85. The van der Waals surface area contributed by atoms with Gasteiger partial charge in [0.05, 0.1) is 10.8 Å². The zero-order chi connectivity index (χ0) is 15.6. The summed E-state index contributed by atoms with van der Waals surface area (Å²) in [5, 5.41) is 10.3. The van der Waals surface area contributed by atoms with E-state index in [1.807, 2.05) is 25.1 Å². The number of allylic oxidation sites excluding steroid dienone is 1. The molecule has 1 aliphatic rings. The number of aliphatic imine (C=N–C) groups is 1. The molecule has 0 aliphatic carbocycles. The van der Waals surface area contributed by atoms with Crippen LogP contribution in [0.3, 0.4) is 0 Å². The first kappa shape index (κ1) is 16.1. The fraction of sp³-hybridized carbons (Fsp3) is 0.375. The topological polar surface area (TPSA) is 49.7 Å². The van der Waals surface area contributed by atoms with E-state index >= 15 is 0 Å². The van der Waals surface area contributed by atoms with Gasteiger partial charge < -0.3 is 5.11 Å². The van der Waals surface area contributed by atoms with Crippen molar-refractivity contribution in [1.29, 1.82) is 0 Å². The van der Waals surface area contributed by atoms with E-state index in [1.54, 1.807) is 24.8 Å². The molecule has 3 nitrogen and oxygen atoms in total. The highest BCUT2D eigenvalue weighted by Gasteiger charge is 2.36. The quantitative estimate of drug-likeness (QED) is 0.894. The van der Waals surface area contributed by atoms with Gasteiger partial charge in [-0.25, -0.2) is 4.79 Å². The van der Waals surface area contributed by atoms with Crippen LogP contribution in [-0.2, 0) is 4.79 Å². The van der Waals surface area contributed by atoms with Gasteiger partial charge in [-0.1, -0.05) is 30.7 Å². The third-order valence-corrected chi connectivity index (χ3v) is 5.08. The predicted octanol–water partition coefficient (Wildman–Crippen LogP) is 4.38. The average Bonchev–Trinajstić information content (AvgIpc) is 2.40. The van der Waals surface area contributed by atoms with Crippen molar-refractivity contribution in [3.63, 3.8) is 0 Å². The maximum absolute atomic E-state index is 11.7. The summed E-state index contributed by atoms with van der Waals surface area (Å²) in [7, 11) is 0. The number of rotatable bonds is 4. The van der Waals surface area contributed by atoms with Crippen LogP contribution in [0.25, 0.3) is 0 Å². The summed E-state index contributed by atoms with van der Waals surface area (Å²) < 4.78 is 0. The largest absolute Gasteiger partial charge is 0.478 e. The van der Waals surface area contributed by atoms with Gasteiger partial charge >= 0.3 is 5.97 Å². The minimum atomic E-state index is -0.907. The molecule has 0 aromatic heterocycles. The molecule has 2 atom stereocenters. The molecule has 2 rings (SSSR count). The molecule has 0 bridgehead atoms. The Morgan fingerprint density at radius 2 is 2.14 bits per heavy atom. The zero-order valence-corrected chi connectivity index (χ0v) is 13.8. The van der Waals surface area contributed by atoms with Crippen molar-refractivity contribution in [1.82, 2.24) is 0 Å². The molecule has 2 unspecified atom stereocenters. The highest BCUT2D eigenvalue weighted by atomic mass is 35.5. The number of carboxylic acid groups (broad SMARTS) is 1. The maximum atomic E-state index is 11.7. The highest BCUT2D eigenvalue weighted by Crippen LogP contribution is 2.41. The predicted molar refractivity (Wildman–Crippen MR) is 89.6 cm³/mol. The lowest BCUT2D eigenvalue weighted by Gasteiger charge is -2.31. The maximum Gasteiger partial charge on any atom is 0.334 e. The molecule has 1 aromatic rings. The van der Waals surface area contributed by atoms with E-state index in [0.29, 0.717) is 16.3 Å². The number of halogens is 1. The summed E-state index contributed by atoms with van der Waals surface area (Å²) in [6.07, 6.45) is 0. The van der Waals surface area contributed by atoms with Crippen molar-refractivity contribution in [3.05, 3.63) is 46.1 Å². The molecule has 112 valence electrons. The Morgan fingerprint density at radius 1 is 1.43 bits per heavy atom. The molecule has 1 aromatic carbocycles. The first-order chi connectivity index (χ1) is 9.95. The second kappa shape index (κ2) is 6.67. The molecule has 0 spiro atoms. The van der Waals surface area contributed by atoms with E-state index < -0.39 is 5.97 Å². The van der Waals surface area contributed by atoms with Crippen LogP contribution in [0, 0.1) is 0 Å². The Bertz CT molecular complexity index is 624. The van der Waals surface area contributed by atoms with Crippen LogP contribution in [0.2, 0.25) is 5.02 Å². The number of aliphatic carboxylic acids is 1. The normalized spacial score (nSPS) is 22.2. The SMILES string of the molecule is CCSC1C(C)=NC(C)=C(C(=O)O)C1c1cccc(Cl)c1. The van der Waals surface area contributed by atoms with Crippen molar-refractivity contribution in [3.8, 4) is 0 Å². The number of hydrogen-bond acceptors (Lipinski definition) is 3. The van der Waals surface area contributed by atoms with E-state index in [2.05, 4.69) is 11.9 Å². The van der Waals surface area contributed by atoms with Crippen molar-refractivity contribution >= 4 is 35.0 Å². The first-order valence-corrected chi connectivity index (χ1v) is 8.24. The Labute approximate surface area is 134 Å². The van der Waals surface area contributed by atoms with Gasteiger partial charge in [-0.3, -0.25) is 4.99 Å². The molecule has 0 amide bonds. The third kappa shape index (κ3) is 3.33. The lowest BCUT2D eigenvalue weighted by Crippen LogP contribution is -2.31. The Hall–Kier alpha value is -1.26. The van der Waals surface area contributed by atoms with Crippen LogP contribution < -0.4 is 0 Å². The van der Waals surface area contributed by atoms with Crippen molar-refractivity contribution in [2.24, 2.45) is 4.99 Å². The molecule has 0 radical (unpaired) electrons. The summed E-state index contributed by atoms with van der Waals surface area (Å²) in [6.45, 7) is 5.79. The van der Waals surface area contributed by atoms with Crippen molar-refractivity contribution in [2.45, 2.75) is 31.9 Å². The van der Waals surface area contributed by atoms with Crippen LogP contribution in [0.1, 0.15) is 32.3 Å². The fourth-order valence-corrected chi connectivity index (χ4v) is 4.07. The number of thioether (sulfide) groups is 1. The van der Waals surface area contributed by atoms with Crippen LogP contribution in [0.5, 0.6) is 0 Å². The number of hydrogen-bond donors (Lipinski definition) is 1. The number of carboxylic acids is 1. The van der Waals surface area contributed by atoms with Gasteiger partial charge in [-0.15, -0.1) is 0 Å². The lowest BCUT2D eigenvalue weighted by molar-refractivity contribution is -0.133. The molecular formula is C16H18ClNO2S. The lowest BCUT2D eigenvalue weighted by atomic mass is 9.83. The summed E-state index contributed by atoms with van der Waals surface area (Å²) in [5.74, 6) is -0.223. The standard InChI is InChI=1S/C16H18ClNO2S/c1-4-21-15-10(3)18-9(2)13(16(19)20)14(15)11-6-5-7-12(17)8-11/h5-8,14-15H,4H2,1-3H3,(H,19,20). The Morgan fingerprint density at radius 3 is 2.71 bits per heavy atom. The van der Waals surface area contributed by atoms with E-state index in [0.717, 1.165) is 17.0 Å². The van der Waals surface area contributed by atoms with E-state index in [1.165, 1.54) is 0 Å². The van der Waals surface area contributed by atoms with Gasteiger partial charge in [0.1, 0.15) is 0 Å².